The number of hydrogen-bond acceptors (Lipinski definition) is 5. The Hall–Kier alpha value is -2.10. The normalized spacial score (nSPS) is 15.7. The highest BCUT2D eigenvalue weighted by atomic mass is 35.5. The maximum absolute atomic E-state index is 12.9. The molecule has 1 aliphatic rings. The zero-order chi connectivity index (χ0) is 26.1. The van der Waals surface area contributed by atoms with Gasteiger partial charge in [-0.3, -0.25) is 9.44 Å². The first kappa shape index (κ1) is 26.5. The molecule has 0 aliphatic carbocycles. The summed E-state index contributed by atoms with van der Waals surface area (Å²) in [4.78, 5) is 0. The molecule has 0 saturated heterocycles. The van der Waals surface area contributed by atoms with Crippen molar-refractivity contribution in [2.75, 3.05) is 9.44 Å². The van der Waals surface area contributed by atoms with E-state index in [0.717, 1.165) is 12.1 Å². The third kappa shape index (κ3) is 4.57. The van der Waals surface area contributed by atoms with E-state index in [9.17, 15) is 43.2 Å². The van der Waals surface area contributed by atoms with E-state index >= 15 is 0 Å². The number of fused-ring (bicyclic) bond motifs is 2. The Kier molecular flexibility index (Phi) is 6.21. The van der Waals surface area contributed by atoms with Crippen molar-refractivity contribution in [2.24, 2.45) is 0 Å². The molecule has 0 aromatic heterocycles. The molecule has 0 unspecified atom stereocenters. The second-order valence-corrected chi connectivity index (χ2v) is 11.7. The quantitative estimate of drug-likeness (QED) is 0.441. The molecule has 0 radical (unpaired) electrons. The lowest BCUT2D eigenvalue weighted by atomic mass is 9.75. The highest BCUT2D eigenvalue weighted by Crippen LogP contribution is 2.55. The van der Waals surface area contributed by atoms with Gasteiger partial charge in [0.2, 0.25) is 0 Å². The zero-order valence-corrected chi connectivity index (χ0v) is 19.8. The van der Waals surface area contributed by atoms with Crippen LogP contribution in [-0.4, -0.2) is 27.9 Å². The predicted octanol–water partition coefficient (Wildman–Crippen LogP) is 5.95. The molecule has 2 N–H and O–H groups in total. The van der Waals surface area contributed by atoms with Gasteiger partial charge in [0.25, 0.3) is 0 Å². The molecular weight excluding hydrogens is 561 g/mol. The molecule has 1 aliphatic heterocycles. The summed E-state index contributed by atoms with van der Waals surface area (Å²) in [7, 11) is -11.9. The van der Waals surface area contributed by atoms with Crippen LogP contribution in [-0.2, 0) is 25.5 Å². The first-order valence-electron chi connectivity index (χ1n) is 8.71. The number of rotatable bonds is 4. The van der Waals surface area contributed by atoms with E-state index in [1.807, 2.05) is 0 Å². The fraction of sp³-hybridized carbons (Fsp3) is 0.294. The van der Waals surface area contributed by atoms with Crippen molar-refractivity contribution in [1.82, 2.24) is 0 Å². The van der Waals surface area contributed by atoms with Crippen molar-refractivity contribution >= 4 is 54.6 Å². The zero-order valence-electron chi connectivity index (χ0n) is 16.7. The summed E-state index contributed by atoms with van der Waals surface area (Å²) in [5, 5.41) is -0.391. The molecule has 2 aromatic rings. The third-order valence-electron chi connectivity index (χ3n) is 4.76. The Morgan fingerprint density at radius 2 is 1.06 bits per heavy atom. The van der Waals surface area contributed by atoms with Gasteiger partial charge in [0.05, 0.1) is 11.4 Å². The number of benzene rings is 2. The lowest BCUT2D eigenvalue weighted by Gasteiger charge is -2.36. The van der Waals surface area contributed by atoms with Gasteiger partial charge in [-0.05, 0) is 24.3 Å². The number of ether oxygens (including phenoxy) is 1. The molecule has 1 heterocycles. The van der Waals surface area contributed by atoms with Crippen molar-refractivity contribution in [2.45, 2.75) is 30.3 Å². The van der Waals surface area contributed by atoms with Crippen LogP contribution in [0.15, 0.2) is 24.3 Å². The molecule has 2 aromatic carbocycles. The largest absolute Gasteiger partial charge is 0.516 e. The smallest absolute Gasteiger partial charge is 0.452 e. The summed E-state index contributed by atoms with van der Waals surface area (Å²) in [6.07, 6.45) is 0. The van der Waals surface area contributed by atoms with Gasteiger partial charge in [-0.1, -0.05) is 37.0 Å². The molecule has 0 atom stereocenters. The van der Waals surface area contributed by atoms with Crippen LogP contribution in [0.4, 0.5) is 37.7 Å². The minimum Gasteiger partial charge on any atom is -0.452 e. The van der Waals surface area contributed by atoms with E-state index in [2.05, 4.69) is 0 Å². The van der Waals surface area contributed by atoms with Gasteiger partial charge < -0.3 is 4.74 Å². The molecule has 0 bridgehead atoms. The van der Waals surface area contributed by atoms with Crippen molar-refractivity contribution in [1.29, 1.82) is 0 Å². The van der Waals surface area contributed by atoms with Crippen LogP contribution in [0.25, 0.3) is 0 Å². The van der Waals surface area contributed by atoms with E-state index in [1.54, 1.807) is 0 Å². The minimum atomic E-state index is -5.95. The number of nitrogens with one attached hydrogen (secondary N) is 2. The van der Waals surface area contributed by atoms with E-state index in [0.29, 0.717) is 0 Å². The standard InChI is InChI=1S/C17H12Cl2F6N2O5S2/c1-15(2)9-3-7(18)5-11(26-33(28,29)16(20,21)22)13(9)32-14-10(15)4-8(19)6-12(14)27-34(30,31)17(23,24)25/h3-6,26-27H,1-2H3. The molecular formula is C17H12Cl2F6N2O5S2. The van der Waals surface area contributed by atoms with Crippen molar-refractivity contribution in [3.63, 3.8) is 0 Å². The molecule has 0 amide bonds. The van der Waals surface area contributed by atoms with Crippen molar-refractivity contribution < 1.29 is 47.9 Å². The maximum atomic E-state index is 12.9. The number of anilines is 2. The van der Waals surface area contributed by atoms with E-state index in [4.69, 9.17) is 27.9 Å². The molecule has 3 rings (SSSR count). The van der Waals surface area contributed by atoms with E-state index < -0.39 is 59.4 Å². The van der Waals surface area contributed by atoms with Gasteiger partial charge in [0, 0.05) is 26.6 Å². The second-order valence-electron chi connectivity index (χ2n) is 7.49. The Morgan fingerprint density at radius 3 is 1.35 bits per heavy atom. The highest BCUT2D eigenvalue weighted by Gasteiger charge is 2.49. The summed E-state index contributed by atoms with van der Waals surface area (Å²) >= 11 is 11.9. The van der Waals surface area contributed by atoms with Gasteiger partial charge in [0.15, 0.2) is 11.5 Å². The van der Waals surface area contributed by atoms with Crippen LogP contribution in [0.5, 0.6) is 11.5 Å². The molecule has 188 valence electrons. The monoisotopic (exact) mass is 572 g/mol. The first-order chi connectivity index (χ1) is 15.2. The summed E-state index contributed by atoms with van der Waals surface area (Å²) in [6, 6.07) is 4.07. The van der Waals surface area contributed by atoms with E-state index in [-0.39, 0.29) is 21.2 Å². The van der Waals surface area contributed by atoms with Crippen LogP contribution in [0.2, 0.25) is 10.0 Å². The topological polar surface area (TPSA) is 102 Å². The predicted molar refractivity (Wildman–Crippen MR) is 112 cm³/mol. The number of halogens is 8. The average Bonchev–Trinajstić information content (AvgIpc) is 2.61. The molecule has 0 saturated carbocycles. The van der Waals surface area contributed by atoms with Crippen LogP contribution >= 0.6 is 23.2 Å². The lowest BCUT2D eigenvalue weighted by Crippen LogP contribution is -2.32. The van der Waals surface area contributed by atoms with Gasteiger partial charge >= 0.3 is 31.1 Å². The first-order valence-corrected chi connectivity index (χ1v) is 12.4. The summed E-state index contributed by atoms with van der Waals surface area (Å²) in [6.45, 7) is 2.92. The fourth-order valence-electron chi connectivity index (χ4n) is 3.14. The SMILES string of the molecule is CC1(C)c2cc(Cl)cc(NS(=O)(=O)C(F)(F)F)c2Oc2c(NS(=O)(=O)C(F)(F)F)cc(Cl)cc21. The van der Waals surface area contributed by atoms with Crippen LogP contribution in [0.3, 0.4) is 0 Å². The molecule has 0 spiro atoms. The van der Waals surface area contributed by atoms with Crippen LogP contribution < -0.4 is 14.2 Å². The second kappa shape index (κ2) is 7.96. The maximum Gasteiger partial charge on any atom is 0.516 e. The van der Waals surface area contributed by atoms with Gasteiger partial charge in [-0.25, -0.2) is 0 Å². The number of sulfonamides is 2. The average molecular weight is 573 g/mol. The summed E-state index contributed by atoms with van der Waals surface area (Å²) in [5.74, 6) is -1.07. The molecule has 34 heavy (non-hydrogen) atoms. The molecule has 7 nitrogen and oxygen atoms in total. The number of alkyl halides is 6. The Morgan fingerprint density at radius 1 is 0.735 bits per heavy atom. The minimum absolute atomic E-state index is 0.0410. The van der Waals surface area contributed by atoms with Crippen LogP contribution in [0.1, 0.15) is 25.0 Å². The van der Waals surface area contributed by atoms with Crippen LogP contribution in [0, 0.1) is 0 Å². The van der Waals surface area contributed by atoms with Crippen molar-refractivity contribution in [3.05, 3.63) is 45.4 Å². The lowest BCUT2D eigenvalue weighted by molar-refractivity contribution is -0.0435. The molecule has 17 heteroatoms. The number of hydrogen-bond donors (Lipinski definition) is 2. The third-order valence-corrected chi connectivity index (χ3v) is 7.39. The van der Waals surface area contributed by atoms with Crippen molar-refractivity contribution in [3.8, 4) is 11.5 Å². The molecule has 0 fully saturated rings. The van der Waals surface area contributed by atoms with Gasteiger partial charge in [0.1, 0.15) is 0 Å². The Balaban J connectivity index is 2.26. The van der Waals surface area contributed by atoms with E-state index in [1.165, 1.54) is 35.4 Å². The highest BCUT2D eigenvalue weighted by molar-refractivity contribution is 7.93. The Bertz CT molecular complexity index is 1290. The fourth-order valence-corrected chi connectivity index (χ4v) is 4.69. The van der Waals surface area contributed by atoms with Gasteiger partial charge in [-0.15, -0.1) is 0 Å². The summed E-state index contributed by atoms with van der Waals surface area (Å²) in [5.41, 5.74) is -14.2. The van der Waals surface area contributed by atoms with Gasteiger partial charge in [-0.2, -0.15) is 43.2 Å². The summed E-state index contributed by atoms with van der Waals surface area (Å²) < 4.78 is 132. The Labute approximate surface area is 199 Å².